The third-order valence-corrected chi connectivity index (χ3v) is 3.02. The predicted octanol–water partition coefficient (Wildman–Crippen LogP) is 3.76. The Bertz CT molecular complexity index is 529. The van der Waals surface area contributed by atoms with Crippen molar-refractivity contribution in [3.8, 4) is 6.01 Å². The highest BCUT2D eigenvalue weighted by atomic mass is 35.5. The highest BCUT2D eigenvalue weighted by Gasteiger charge is 2.03. The number of aryl methyl sites for hydroxylation is 1. The van der Waals surface area contributed by atoms with Crippen molar-refractivity contribution in [2.75, 3.05) is 0 Å². The van der Waals surface area contributed by atoms with E-state index in [0.717, 1.165) is 16.8 Å². The lowest BCUT2D eigenvalue weighted by atomic mass is 10.2. The van der Waals surface area contributed by atoms with Gasteiger partial charge in [0.05, 0.1) is 5.88 Å². The second-order valence-electron chi connectivity index (χ2n) is 3.81. The van der Waals surface area contributed by atoms with Crippen LogP contribution in [0.3, 0.4) is 0 Å². The zero-order chi connectivity index (χ0) is 13.0. The normalized spacial score (nSPS) is 10.4. The first-order chi connectivity index (χ1) is 8.69. The Morgan fingerprint density at radius 2 is 1.94 bits per heavy atom. The molecule has 2 rings (SSSR count). The van der Waals surface area contributed by atoms with Crippen molar-refractivity contribution in [2.24, 2.45) is 0 Å². The fraction of sp³-hybridized carbons (Fsp3) is 0.231. The van der Waals surface area contributed by atoms with Crippen molar-refractivity contribution in [3.05, 3.63) is 52.3 Å². The third-order valence-electron chi connectivity index (χ3n) is 2.48. The first-order valence-corrected chi connectivity index (χ1v) is 6.36. The van der Waals surface area contributed by atoms with Gasteiger partial charge in [0, 0.05) is 22.5 Å². The van der Waals surface area contributed by atoms with Crippen LogP contribution >= 0.6 is 23.2 Å². The monoisotopic (exact) mass is 282 g/mol. The van der Waals surface area contributed by atoms with E-state index in [1.165, 1.54) is 0 Å². The average Bonchev–Trinajstić information content (AvgIpc) is 2.38. The van der Waals surface area contributed by atoms with E-state index in [9.17, 15) is 0 Å². The molecule has 0 radical (unpaired) electrons. The Labute approximate surface area is 116 Å². The number of aromatic nitrogens is 2. The summed E-state index contributed by atoms with van der Waals surface area (Å²) in [4.78, 5) is 8.33. The summed E-state index contributed by atoms with van der Waals surface area (Å²) in [5, 5.41) is 0.706. The van der Waals surface area contributed by atoms with Crippen molar-refractivity contribution in [3.63, 3.8) is 0 Å². The minimum absolute atomic E-state index is 0.358. The van der Waals surface area contributed by atoms with Crippen LogP contribution in [0.25, 0.3) is 0 Å². The maximum Gasteiger partial charge on any atom is 0.316 e. The molecule has 0 aliphatic carbocycles. The Hall–Kier alpha value is -1.32. The summed E-state index contributed by atoms with van der Waals surface area (Å²) in [6.07, 6.45) is 1.69. The Morgan fingerprint density at radius 3 is 2.56 bits per heavy atom. The molecule has 2 aromatic rings. The van der Waals surface area contributed by atoms with Gasteiger partial charge in [-0.25, -0.2) is 9.97 Å². The molecule has 0 spiro atoms. The Kier molecular flexibility index (Phi) is 4.39. The Balaban J connectivity index is 2.02. The smallest absolute Gasteiger partial charge is 0.316 e. The molecule has 0 unspecified atom stereocenters. The first-order valence-electron chi connectivity index (χ1n) is 5.45. The zero-order valence-electron chi connectivity index (χ0n) is 9.86. The highest BCUT2D eigenvalue weighted by Crippen LogP contribution is 2.14. The van der Waals surface area contributed by atoms with Crippen LogP contribution < -0.4 is 4.74 Å². The van der Waals surface area contributed by atoms with E-state index in [4.69, 9.17) is 27.9 Å². The van der Waals surface area contributed by atoms with Gasteiger partial charge in [-0.3, -0.25) is 0 Å². The lowest BCUT2D eigenvalue weighted by Crippen LogP contribution is -2.01. The van der Waals surface area contributed by atoms with Gasteiger partial charge in [-0.15, -0.1) is 11.6 Å². The molecular weight excluding hydrogens is 271 g/mol. The van der Waals surface area contributed by atoms with E-state index in [1.54, 1.807) is 6.20 Å². The van der Waals surface area contributed by atoms with Gasteiger partial charge in [-0.2, -0.15) is 0 Å². The summed E-state index contributed by atoms with van der Waals surface area (Å²) in [7, 11) is 0. The fourth-order valence-corrected chi connectivity index (χ4v) is 1.79. The van der Waals surface area contributed by atoms with Gasteiger partial charge in [0.25, 0.3) is 0 Å². The van der Waals surface area contributed by atoms with Crippen LogP contribution in [0.4, 0.5) is 0 Å². The predicted molar refractivity (Wildman–Crippen MR) is 72.1 cm³/mol. The van der Waals surface area contributed by atoms with Gasteiger partial charge in [-0.05, 0) is 24.6 Å². The van der Waals surface area contributed by atoms with E-state index in [-0.39, 0.29) is 0 Å². The van der Waals surface area contributed by atoms with E-state index in [1.807, 2.05) is 31.2 Å². The molecule has 1 heterocycles. The molecule has 3 nitrogen and oxygen atoms in total. The molecule has 5 heteroatoms. The number of alkyl halides is 1. The number of halogens is 2. The van der Waals surface area contributed by atoms with Gasteiger partial charge < -0.3 is 4.74 Å². The van der Waals surface area contributed by atoms with Crippen molar-refractivity contribution in [1.82, 2.24) is 9.97 Å². The summed E-state index contributed by atoms with van der Waals surface area (Å²) < 4.78 is 5.50. The van der Waals surface area contributed by atoms with Crippen LogP contribution in [0, 0.1) is 6.92 Å². The molecule has 18 heavy (non-hydrogen) atoms. The molecule has 0 aliphatic rings. The summed E-state index contributed by atoms with van der Waals surface area (Å²) in [6.45, 7) is 2.30. The molecule has 0 saturated heterocycles. The summed E-state index contributed by atoms with van der Waals surface area (Å²) in [6, 6.07) is 7.81. The topological polar surface area (TPSA) is 35.0 Å². The van der Waals surface area contributed by atoms with Gasteiger partial charge in [0.15, 0.2) is 0 Å². The van der Waals surface area contributed by atoms with Crippen LogP contribution in [0.1, 0.15) is 16.8 Å². The summed E-state index contributed by atoms with van der Waals surface area (Å²) in [5.41, 5.74) is 2.77. The van der Waals surface area contributed by atoms with Crippen LogP contribution in [0.5, 0.6) is 6.01 Å². The lowest BCUT2D eigenvalue weighted by molar-refractivity contribution is 0.280. The van der Waals surface area contributed by atoms with Gasteiger partial charge in [-0.1, -0.05) is 23.7 Å². The maximum absolute atomic E-state index is 5.80. The second kappa shape index (κ2) is 6.03. The second-order valence-corrected chi connectivity index (χ2v) is 4.52. The molecule has 0 aliphatic heterocycles. The molecule has 0 N–H and O–H groups in total. The summed E-state index contributed by atoms with van der Waals surface area (Å²) in [5.74, 6) is 0.406. The number of rotatable bonds is 4. The molecule has 0 bridgehead atoms. The number of hydrogen-bond donors (Lipinski definition) is 0. The number of nitrogens with zero attached hydrogens (tertiary/aromatic N) is 2. The van der Waals surface area contributed by atoms with Crippen molar-refractivity contribution < 1.29 is 4.74 Å². The lowest BCUT2D eigenvalue weighted by Gasteiger charge is -2.06. The minimum Gasteiger partial charge on any atom is -0.459 e. The van der Waals surface area contributed by atoms with Gasteiger partial charge in [0.2, 0.25) is 0 Å². The molecule has 1 aromatic carbocycles. The summed E-state index contributed by atoms with van der Waals surface area (Å²) >= 11 is 11.5. The molecule has 0 atom stereocenters. The molecule has 1 aromatic heterocycles. The Morgan fingerprint density at radius 1 is 1.22 bits per heavy atom. The maximum atomic E-state index is 5.80. The van der Waals surface area contributed by atoms with E-state index < -0.39 is 0 Å². The van der Waals surface area contributed by atoms with Gasteiger partial charge >= 0.3 is 6.01 Å². The molecule has 94 valence electrons. The fourth-order valence-electron chi connectivity index (χ4n) is 1.40. The van der Waals surface area contributed by atoms with Crippen molar-refractivity contribution in [1.29, 1.82) is 0 Å². The van der Waals surface area contributed by atoms with Crippen LogP contribution in [-0.4, -0.2) is 9.97 Å². The first kappa shape index (κ1) is 13.1. The zero-order valence-corrected chi connectivity index (χ0v) is 11.4. The number of benzene rings is 1. The van der Waals surface area contributed by atoms with E-state index in [2.05, 4.69) is 9.97 Å². The van der Waals surface area contributed by atoms with Crippen molar-refractivity contribution >= 4 is 23.2 Å². The molecule has 0 amide bonds. The molecule has 0 fully saturated rings. The van der Waals surface area contributed by atoms with Gasteiger partial charge in [0.1, 0.15) is 6.61 Å². The average molecular weight is 283 g/mol. The molecular formula is C13H12Cl2N2O. The SMILES string of the molecule is Cc1nc(OCc2ccc(Cl)cc2)ncc1CCl. The van der Waals surface area contributed by atoms with Crippen LogP contribution in [-0.2, 0) is 12.5 Å². The standard InChI is InChI=1S/C13H12Cl2N2O/c1-9-11(6-14)7-16-13(17-9)18-8-10-2-4-12(15)5-3-10/h2-5,7H,6,8H2,1H3. The minimum atomic E-state index is 0.358. The highest BCUT2D eigenvalue weighted by molar-refractivity contribution is 6.30. The van der Waals surface area contributed by atoms with Crippen molar-refractivity contribution in [2.45, 2.75) is 19.4 Å². The van der Waals surface area contributed by atoms with E-state index >= 15 is 0 Å². The van der Waals surface area contributed by atoms with Crippen LogP contribution in [0.15, 0.2) is 30.5 Å². The molecule has 0 saturated carbocycles. The number of ether oxygens (including phenoxy) is 1. The third kappa shape index (κ3) is 3.34. The van der Waals surface area contributed by atoms with Crippen LogP contribution in [0.2, 0.25) is 5.02 Å². The quantitative estimate of drug-likeness (QED) is 0.801. The van der Waals surface area contributed by atoms with E-state index in [0.29, 0.717) is 23.5 Å². The number of hydrogen-bond acceptors (Lipinski definition) is 3. The largest absolute Gasteiger partial charge is 0.459 e.